The molecule has 0 spiro atoms. The maximum atomic E-state index is 12.9. The maximum Gasteiger partial charge on any atom is 0.311 e. The Balaban J connectivity index is 2.80. The van der Waals surface area contributed by atoms with Crippen molar-refractivity contribution in [1.29, 1.82) is 0 Å². The minimum absolute atomic E-state index is 0.0752. The lowest BCUT2D eigenvalue weighted by Crippen LogP contribution is -1.99. The van der Waals surface area contributed by atoms with Gasteiger partial charge >= 0.3 is 5.69 Å². The summed E-state index contributed by atoms with van der Waals surface area (Å²) in [7, 11) is 0. The van der Waals surface area contributed by atoms with Crippen LogP contribution in [-0.4, -0.2) is 17.3 Å². The van der Waals surface area contributed by atoms with Gasteiger partial charge < -0.3 is 4.74 Å². The summed E-state index contributed by atoms with van der Waals surface area (Å²) in [6, 6.07) is 3.09. The molecule has 0 N–H and O–H groups in total. The molecule has 4 nitrogen and oxygen atoms in total. The maximum absolute atomic E-state index is 12.9. The highest BCUT2D eigenvalue weighted by Gasteiger charge is 2.15. The molecule has 0 amide bonds. The number of nitro groups is 1. The predicted molar refractivity (Wildman–Crippen MR) is 61.5 cm³/mol. The average molecular weight is 243 g/mol. The molecule has 0 bridgehead atoms. The van der Waals surface area contributed by atoms with Crippen LogP contribution in [0.25, 0.3) is 0 Å². The second-order valence-corrected chi connectivity index (χ2v) is 3.20. The van der Waals surface area contributed by atoms with Crippen LogP contribution in [0.2, 0.25) is 0 Å². The molecule has 1 aromatic carbocycles. The van der Waals surface area contributed by atoms with Gasteiger partial charge in [0.2, 0.25) is 0 Å². The summed E-state index contributed by atoms with van der Waals surface area (Å²) in [6.45, 7) is 0.144. The number of hydrogen-bond acceptors (Lipinski definition) is 4. The molecule has 1 aromatic rings. The summed E-state index contributed by atoms with van der Waals surface area (Å²) in [4.78, 5) is 9.98. The number of thiol groups is 1. The van der Waals surface area contributed by atoms with Gasteiger partial charge in [0.25, 0.3) is 0 Å². The van der Waals surface area contributed by atoms with Crippen LogP contribution in [0.4, 0.5) is 10.1 Å². The molecule has 0 unspecified atom stereocenters. The normalized spacial score (nSPS) is 10.6. The van der Waals surface area contributed by atoms with E-state index in [2.05, 4.69) is 12.6 Å². The van der Waals surface area contributed by atoms with Crippen molar-refractivity contribution in [3.8, 4) is 5.75 Å². The van der Waals surface area contributed by atoms with E-state index in [1.165, 1.54) is 0 Å². The Morgan fingerprint density at radius 3 is 2.88 bits per heavy atom. The van der Waals surface area contributed by atoms with Crippen molar-refractivity contribution in [2.24, 2.45) is 0 Å². The van der Waals surface area contributed by atoms with Gasteiger partial charge in [-0.1, -0.05) is 12.2 Å². The van der Waals surface area contributed by atoms with Gasteiger partial charge in [0.15, 0.2) is 5.75 Å². The van der Waals surface area contributed by atoms with Crippen molar-refractivity contribution in [1.82, 2.24) is 0 Å². The molecule has 0 aliphatic heterocycles. The molecule has 0 atom stereocenters. The van der Waals surface area contributed by atoms with E-state index < -0.39 is 10.7 Å². The SMILES string of the molecule is O=[N+]([O-])c1ccc(F)cc1OCC=CCS. The zero-order chi connectivity index (χ0) is 12.0. The largest absolute Gasteiger partial charge is 0.483 e. The Hall–Kier alpha value is -1.56. The Bertz CT molecular complexity index is 409. The molecule has 0 aromatic heterocycles. The van der Waals surface area contributed by atoms with E-state index in [-0.39, 0.29) is 18.0 Å². The fraction of sp³-hybridized carbons (Fsp3) is 0.200. The zero-order valence-electron chi connectivity index (χ0n) is 8.30. The summed E-state index contributed by atoms with van der Waals surface area (Å²) in [5, 5.41) is 10.6. The third-order valence-electron chi connectivity index (χ3n) is 1.73. The molecule has 0 fully saturated rings. The molecule has 0 aliphatic carbocycles. The van der Waals surface area contributed by atoms with Crippen molar-refractivity contribution < 1.29 is 14.1 Å². The topological polar surface area (TPSA) is 52.4 Å². The van der Waals surface area contributed by atoms with E-state index in [1.807, 2.05) is 0 Å². The first-order valence-electron chi connectivity index (χ1n) is 4.47. The lowest BCUT2D eigenvalue weighted by Gasteiger charge is -2.03. The second kappa shape index (κ2) is 6.12. The van der Waals surface area contributed by atoms with Crippen LogP contribution in [0.5, 0.6) is 5.75 Å². The molecule has 16 heavy (non-hydrogen) atoms. The van der Waals surface area contributed by atoms with Crippen LogP contribution in [0.1, 0.15) is 0 Å². The average Bonchev–Trinajstić information content (AvgIpc) is 2.24. The van der Waals surface area contributed by atoms with Crippen LogP contribution in [-0.2, 0) is 0 Å². The summed E-state index contributed by atoms with van der Waals surface area (Å²) in [5.41, 5.74) is -0.249. The minimum atomic E-state index is -0.614. The Morgan fingerprint density at radius 1 is 1.50 bits per heavy atom. The Morgan fingerprint density at radius 2 is 2.25 bits per heavy atom. The zero-order valence-corrected chi connectivity index (χ0v) is 9.19. The first-order valence-corrected chi connectivity index (χ1v) is 5.11. The quantitative estimate of drug-likeness (QED) is 0.374. The van der Waals surface area contributed by atoms with Gasteiger partial charge in [0.05, 0.1) is 4.92 Å². The van der Waals surface area contributed by atoms with Crippen LogP contribution >= 0.6 is 12.6 Å². The number of benzene rings is 1. The van der Waals surface area contributed by atoms with E-state index in [0.717, 1.165) is 18.2 Å². The van der Waals surface area contributed by atoms with Gasteiger partial charge in [-0.3, -0.25) is 10.1 Å². The van der Waals surface area contributed by atoms with Crippen molar-refractivity contribution >= 4 is 18.3 Å². The monoisotopic (exact) mass is 243 g/mol. The first-order chi connectivity index (χ1) is 7.65. The van der Waals surface area contributed by atoms with E-state index in [9.17, 15) is 14.5 Å². The van der Waals surface area contributed by atoms with Crippen molar-refractivity contribution in [2.45, 2.75) is 0 Å². The molecule has 0 saturated heterocycles. The van der Waals surface area contributed by atoms with Gasteiger partial charge in [-0.15, -0.1) is 0 Å². The molecule has 86 valence electrons. The van der Waals surface area contributed by atoms with Crippen LogP contribution in [0.15, 0.2) is 30.4 Å². The Labute approximate surface area is 97.3 Å². The number of hydrogen-bond donors (Lipinski definition) is 1. The van der Waals surface area contributed by atoms with Gasteiger partial charge in [0.1, 0.15) is 12.4 Å². The summed E-state index contributed by atoms with van der Waals surface area (Å²) < 4.78 is 17.9. The minimum Gasteiger partial charge on any atom is -0.483 e. The highest BCUT2D eigenvalue weighted by molar-refractivity contribution is 7.80. The fourth-order valence-electron chi connectivity index (χ4n) is 1.03. The van der Waals surface area contributed by atoms with Crippen LogP contribution in [0.3, 0.4) is 0 Å². The molecule has 0 radical (unpaired) electrons. The molecular weight excluding hydrogens is 233 g/mol. The number of ether oxygens (including phenoxy) is 1. The third kappa shape index (κ3) is 3.54. The second-order valence-electron chi connectivity index (χ2n) is 2.83. The van der Waals surface area contributed by atoms with Crippen LogP contribution in [0, 0.1) is 15.9 Å². The van der Waals surface area contributed by atoms with E-state index in [4.69, 9.17) is 4.74 Å². The number of halogens is 1. The van der Waals surface area contributed by atoms with Crippen molar-refractivity contribution in [2.75, 3.05) is 12.4 Å². The van der Waals surface area contributed by atoms with Crippen molar-refractivity contribution in [3.05, 3.63) is 46.3 Å². The Kier molecular flexibility index (Phi) is 4.78. The van der Waals surface area contributed by atoms with Gasteiger partial charge in [0, 0.05) is 17.9 Å². The molecule has 0 heterocycles. The van der Waals surface area contributed by atoms with E-state index >= 15 is 0 Å². The molecule has 6 heteroatoms. The first kappa shape index (κ1) is 12.5. The molecule has 0 saturated carbocycles. The molecular formula is C10H10FNO3S. The van der Waals surface area contributed by atoms with Gasteiger partial charge in [-0.25, -0.2) is 4.39 Å². The van der Waals surface area contributed by atoms with E-state index in [1.54, 1.807) is 12.2 Å². The fourth-order valence-corrected chi connectivity index (χ4v) is 1.18. The lowest BCUT2D eigenvalue weighted by molar-refractivity contribution is -0.385. The van der Waals surface area contributed by atoms with Crippen molar-refractivity contribution in [3.63, 3.8) is 0 Å². The summed E-state index contributed by atoms with van der Waals surface area (Å²) in [5.74, 6) is -0.0955. The predicted octanol–water partition coefficient (Wildman–Crippen LogP) is 2.60. The third-order valence-corrected chi connectivity index (χ3v) is 1.94. The summed E-state index contributed by atoms with van der Waals surface area (Å²) in [6.07, 6.45) is 3.38. The number of rotatable bonds is 5. The molecule has 1 rings (SSSR count). The number of nitrogens with zero attached hydrogens (tertiary/aromatic N) is 1. The van der Waals surface area contributed by atoms with Crippen LogP contribution < -0.4 is 4.74 Å². The number of nitro benzene ring substituents is 1. The smallest absolute Gasteiger partial charge is 0.311 e. The highest BCUT2D eigenvalue weighted by atomic mass is 32.1. The standard InChI is InChI=1S/C10H10FNO3S/c11-8-3-4-9(12(13)14)10(7-8)15-5-1-2-6-16/h1-4,7,16H,5-6H2. The van der Waals surface area contributed by atoms with Gasteiger partial charge in [-0.2, -0.15) is 12.6 Å². The van der Waals surface area contributed by atoms with E-state index in [0.29, 0.717) is 5.75 Å². The lowest BCUT2D eigenvalue weighted by atomic mass is 10.3. The molecule has 0 aliphatic rings. The summed E-state index contributed by atoms with van der Waals surface area (Å²) >= 11 is 3.94. The van der Waals surface area contributed by atoms with Gasteiger partial charge in [-0.05, 0) is 6.07 Å². The highest BCUT2D eigenvalue weighted by Crippen LogP contribution is 2.27.